The van der Waals surface area contributed by atoms with Gasteiger partial charge in [0.25, 0.3) is 0 Å². The zero-order valence-electron chi connectivity index (χ0n) is 18.3. The molecule has 164 valence electrons. The van der Waals surface area contributed by atoms with Gasteiger partial charge in [0.1, 0.15) is 17.9 Å². The molecule has 2 aromatic heterocycles. The quantitative estimate of drug-likeness (QED) is 0.718. The molecule has 3 aliphatic rings. The number of fused-ring (bicyclic) bond motifs is 2. The highest BCUT2D eigenvalue weighted by Crippen LogP contribution is 2.47. The summed E-state index contributed by atoms with van der Waals surface area (Å²) in [6.07, 6.45) is 11.0. The van der Waals surface area contributed by atoms with Gasteiger partial charge in [-0.3, -0.25) is 0 Å². The van der Waals surface area contributed by atoms with Gasteiger partial charge in [0.2, 0.25) is 0 Å². The standard InChI is InChI=1S/C22H34N6O2/c1-4-5-6-13-7-15(8-13)24-10-14-9-16(19-18(14)29-22(2,3)30-19)28-12-27-17-20(23)25-11-26-21(17)28/h11-16,18-19,24H,4-10H2,1-3H3,(H2,23,25,26)/t13?,14-,15?,16-,18-,19+/m1/s1. The number of nitrogens with one attached hydrogen (secondary N) is 1. The smallest absolute Gasteiger partial charge is 0.165 e. The summed E-state index contributed by atoms with van der Waals surface area (Å²) in [6.45, 7) is 7.25. The summed E-state index contributed by atoms with van der Waals surface area (Å²) in [5.41, 5.74) is 7.42. The van der Waals surface area contributed by atoms with Gasteiger partial charge in [-0.1, -0.05) is 26.2 Å². The highest BCUT2D eigenvalue weighted by Gasteiger charge is 2.54. The van der Waals surface area contributed by atoms with Gasteiger partial charge in [-0.2, -0.15) is 0 Å². The monoisotopic (exact) mass is 414 g/mol. The fourth-order valence-corrected chi connectivity index (χ4v) is 5.59. The zero-order chi connectivity index (χ0) is 20.9. The second kappa shape index (κ2) is 7.73. The highest BCUT2D eigenvalue weighted by atomic mass is 16.8. The molecule has 3 heterocycles. The molecule has 0 unspecified atom stereocenters. The first-order valence-electron chi connectivity index (χ1n) is 11.5. The molecular formula is C22H34N6O2. The number of aromatic nitrogens is 4. The van der Waals surface area contributed by atoms with Crippen LogP contribution in [0, 0.1) is 11.8 Å². The third-order valence-corrected chi connectivity index (χ3v) is 7.17. The number of ether oxygens (including phenoxy) is 2. The van der Waals surface area contributed by atoms with E-state index in [1.54, 1.807) is 0 Å². The number of nitrogens with two attached hydrogens (primary N) is 1. The highest BCUT2D eigenvalue weighted by molar-refractivity contribution is 5.81. The number of nitrogens with zero attached hydrogens (tertiary/aromatic N) is 4. The Balaban J connectivity index is 1.29. The van der Waals surface area contributed by atoms with Gasteiger partial charge in [0, 0.05) is 18.5 Å². The Bertz CT molecular complexity index is 893. The minimum atomic E-state index is -0.571. The van der Waals surface area contributed by atoms with Gasteiger partial charge in [-0.05, 0) is 39.0 Å². The topological polar surface area (TPSA) is 100 Å². The third kappa shape index (κ3) is 3.59. The predicted molar refractivity (Wildman–Crippen MR) is 115 cm³/mol. The Morgan fingerprint density at radius 1 is 1.17 bits per heavy atom. The molecule has 0 aromatic carbocycles. The molecule has 30 heavy (non-hydrogen) atoms. The fourth-order valence-electron chi connectivity index (χ4n) is 5.59. The number of imidazole rings is 1. The van der Waals surface area contributed by atoms with E-state index < -0.39 is 5.79 Å². The van der Waals surface area contributed by atoms with Crippen LogP contribution in [0.5, 0.6) is 0 Å². The summed E-state index contributed by atoms with van der Waals surface area (Å²) < 4.78 is 14.8. The molecule has 1 saturated heterocycles. The van der Waals surface area contributed by atoms with Crippen LogP contribution in [-0.4, -0.2) is 50.1 Å². The number of rotatable bonds is 7. The molecule has 2 aliphatic carbocycles. The van der Waals surface area contributed by atoms with E-state index in [1.165, 1.54) is 38.4 Å². The summed E-state index contributed by atoms with van der Waals surface area (Å²) in [4.78, 5) is 13.0. The molecule has 3 fully saturated rings. The zero-order valence-corrected chi connectivity index (χ0v) is 18.3. The Hall–Kier alpha value is -1.77. The molecule has 2 saturated carbocycles. The largest absolute Gasteiger partial charge is 0.382 e. The maximum atomic E-state index is 6.35. The summed E-state index contributed by atoms with van der Waals surface area (Å²) in [6, 6.07) is 0.780. The lowest BCUT2D eigenvalue weighted by atomic mass is 9.77. The van der Waals surface area contributed by atoms with Crippen LogP contribution in [0.4, 0.5) is 5.82 Å². The molecule has 5 rings (SSSR count). The minimum Gasteiger partial charge on any atom is -0.382 e. The van der Waals surface area contributed by atoms with Crippen molar-refractivity contribution in [1.82, 2.24) is 24.8 Å². The molecule has 0 radical (unpaired) electrons. The van der Waals surface area contributed by atoms with Crippen molar-refractivity contribution in [3.63, 3.8) is 0 Å². The molecular weight excluding hydrogens is 380 g/mol. The lowest BCUT2D eigenvalue weighted by Gasteiger charge is -2.37. The van der Waals surface area contributed by atoms with Crippen molar-refractivity contribution in [3.05, 3.63) is 12.7 Å². The number of unbranched alkanes of at least 4 members (excludes halogenated alkanes) is 1. The Morgan fingerprint density at radius 2 is 1.97 bits per heavy atom. The van der Waals surface area contributed by atoms with E-state index in [1.807, 2.05) is 20.2 Å². The fraction of sp³-hybridized carbons (Fsp3) is 0.773. The number of hydrogen-bond donors (Lipinski definition) is 2. The second-order valence-corrected chi connectivity index (χ2v) is 9.80. The van der Waals surface area contributed by atoms with E-state index in [0.29, 0.717) is 23.3 Å². The molecule has 4 atom stereocenters. The normalized spacial score (nSPS) is 34.9. The van der Waals surface area contributed by atoms with Crippen molar-refractivity contribution in [2.45, 2.75) is 89.4 Å². The van der Waals surface area contributed by atoms with E-state index in [2.05, 4.69) is 31.8 Å². The van der Waals surface area contributed by atoms with E-state index >= 15 is 0 Å². The first-order chi connectivity index (χ1) is 14.4. The molecule has 0 amide bonds. The average molecular weight is 415 g/mol. The van der Waals surface area contributed by atoms with Crippen LogP contribution in [0.15, 0.2) is 12.7 Å². The van der Waals surface area contributed by atoms with Gasteiger partial charge in [0.15, 0.2) is 17.3 Å². The predicted octanol–water partition coefficient (Wildman–Crippen LogP) is 3.05. The summed E-state index contributed by atoms with van der Waals surface area (Å²) in [5, 5.41) is 3.81. The first kappa shape index (κ1) is 20.2. The van der Waals surface area contributed by atoms with E-state index in [-0.39, 0.29) is 18.2 Å². The molecule has 3 N–H and O–H groups in total. The molecule has 8 heteroatoms. The third-order valence-electron chi connectivity index (χ3n) is 7.17. The van der Waals surface area contributed by atoms with Crippen LogP contribution in [0.3, 0.4) is 0 Å². The minimum absolute atomic E-state index is 0.0147. The van der Waals surface area contributed by atoms with Crippen LogP contribution in [0.25, 0.3) is 11.2 Å². The van der Waals surface area contributed by atoms with E-state index in [0.717, 1.165) is 24.5 Å². The van der Waals surface area contributed by atoms with Gasteiger partial charge >= 0.3 is 0 Å². The Morgan fingerprint density at radius 3 is 2.77 bits per heavy atom. The number of hydrogen-bond acceptors (Lipinski definition) is 7. The van der Waals surface area contributed by atoms with Crippen LogP contribution < -0.4 is 11.1 Å². The Labute approximate surface area is 177 Å². The van der Waals surface area contributed by atoms with Crippen LogP contribution in [0.2, 0.25) is 0 Å². The van der Waals surface area contributed by atoms with Crippen molar-refractivity contribution >= 4 is 17.0 Å². The average Bonchev–Trinajstić information content (AvgIpc) is 3.32. The van der Waals surface area contributed by atoms with Crippen LogP contribution in [-0.2, 0) is 9.47 Å². The van der Waals surface area contributed by atoms with Gasteiger partial charge in [0.05, 0.1) is 18.5 Å². The summed E-state index contributed by atoms with van der Waals surface area (Å²) >= 11 is 0. The summed E-state index contributed by atoms with van der Waals surface area (Å²) in [5.74, 6) is 1.16. The SMILES string of the molecule is CCCCC1CC(NC[C@H]2C[C@@H](n3cnc4c(N)ncnc43)[C@@H]3OC(C)(C)O[C@H]23)C1. The van der Waals surface area contributed by atoms with Crippen molar-refractivity contribution in [3.8, 4) is 0 Å². The van der Waals surface area contributed by atoms with Gasteiger partial charge < -0.3 is 25.1 Å². The lowest BCUT2D eigenvalue weighted by molar-refractivity contribution is -0.160. The molecule has 2 aromatic rings. The summed E-state index contributed by atoms with van der Waals surface area (Å²) in [7, 11) is 0. The van der Waals surface area contributed by atoms with Crippen molar-refractivity contribution in [1.29, 1.82) is 0 Å². The van der Waals surface area contributed by atoms with Crippen LogP contribution in [0.1, 0.15) is 65.3 Å². The Kier molecular flexibility index (Phi) is 5.19. The molecule has 0 spiro atoms. The lowest BCUT2D eigenvalue weighted by Crippen LogP contribution is -2.44. The number of nitrogen functional groups attached to an aromatic ring is 1. The second-order valence-electron chi connectivity index (χ2n) is 9.80. The first-order valence-corrected chi connectivity index (χ1v) is 11.5. The van der Waals surface area contributed by atoms with Crippen molar-refractivity contribution in [2.75, 3.05) is 12.3 Å². The molecule has 0 bridgehead atoms. The van der Waals surface area contributed by atoms with E-state index in [9.17, 15) is 0 Å². The number of anilines is 1. The van der Waals surface area contributed by atoms with Crippen LogP contribution >= 0.6 is 0 Å². The molecule has 8 nitrogen and oxygen atoms in total. The van der Waals surface area contributed by atoms with Crippen molar-refractivity contribution in [2.24, 2.45) is 11.8 Å². The maximum absolute atomic E-state index is 6.35. The van der Waals surface area contributed by atoms with Crippen molar-refractivity contribution < 1.29 is 9.47 Å². The molecule has 1 aliphatic heterocycles. The van der Waals surface area contributed by atoms with E-state index in [4.69, 9.17) is 15.2 Å². The van der Waals surface area contributed by atoms with Gasteiger partial charge in [-0.25, -0.2) is 15.0 Å². The maximum Gasteiger partial charge on any atom is 0.165 e. The van der Waals surface area contributed by atoms with Gasteiger partial charge in [-0.15, -0.1) is 0 Å².